The van der Waals surface area contributed by atoms with Crippen LogP contribution in [0.1, 0.15) is 23.1 Å². The van der Waals surface area contributed by atoms with E-state index in [0.717, 1.165) is 6.42 Å². The van der Waals surface area contributed by atoms with Gasteiger partial charge in [0.1, 0.15) is 0 Å². The number of nitrogens with two attached hydrogens (primary N) is 1. The molecule has 0 amide bonds. The maximum absolute atomic E-state index is 5.47. The van der Waals surface area contributed by atoms with E-state index in [1.54, 1.807) is 0 Å². The fourth-order valence-electron chi connectivity index (χ4n) is 2.02. The van der Waals surface area contributed by atoms with Crippen molar-refractivity contribution in [3.05, 3.63) is 65.2 Å². The van der Waals surface area contributed by atoms with E-state index in [1.807, 2.05) is 0 Å². The quantitative estimate of drug-likeness (QED) is 0.859. The molecule has 0 aromatic heterocycles. The Morgan fingerprint density at radius 1 is 0.895 bits per heavy atom. The number of hydrogen-bond donors (Lipinski definition) is 1. The van der Waals surface area contributed by atoms with Crippen LogP contribution in [0.25, 0.3) is 17.2 Å². The van der Waals surface area contributed by atoms with Gasteiger partial charge in [-0.05, 0) is 54.6 Å². The van der Waals surface area contributed by atoms with Crippen LogP contribution >= 0.6 is 0 Å². The van der Waals surface area contributed by atoms with E-state index >= 15 is 0 Å². The highest BCUT2D eigenvalue weighted by Gasteiger charge is 1.99. The average Bonchev–Trinajstić information content (AvgIpc) is 2.43. The Hall–Kier alpha value is -1.86. The third kappa shape index (κ3) is 3.55. The van der Waals surface area contributed by atoms with Crippen molar-refractivity contribution in [1.82, 2.24) is 0 Å². The number of benzene rings is 2. The Balaban J connectivity index is 2.20. The van der Waals surface area contributed by atoms with Crippen molar-refractivity contribution in [1.29, 1.82) is 0 Å². The molecule has 0 fully saturated rings. The van der Waals surface area contributed by atoms with Crippen LogP contribution < -0.4 is 5.73 Å². The predicted molar refractivity (Wildman–Crippen MR) is 84.1 cm³/mol. The zero-order chi connectivity index (χ0) is 13.7. The van der Waals surface area contributed by atoms with Gasteiger partial charge in [-0.3, -0.25) is 0 Å². The number of hydrogen-bond acceptors (Lipinski definition) is 1. The lowest BCUT2D eigenvalue weighted by Gasteiger charge is -2.06. The van der Waals surface area contributed by atoms with Crippen LogP contribution in [0.2, 0.25) is 0 Å². The van der Waals surface area contributed by atoms with E-state index in [0.29, 0.717) is 6.54 Å². The fourth-order valence-corrected chi connectivity index (χ4v) is 2.02. The van der Waals surface area contributed by atoms with Crippen molar-refractivity contribution in [3.8, 4) is 11.1 Å². The van der Waals surface area contributed by atoms with Crippen molar-refractivity contribution < 1.29 is 0 Å². The molecule has 2 aromatic rings. The molecule has 0 spiro atoms. The summed E-state index contributed by atoms with van der Waals surface area (Å²) in [4.78, 5) is 0. The van der Waals surface area contributed by atoms with Gasteiger partial charge >= 0.3 is 0 Å². The van der Waals surface area contributed by atoms with Crippen LogP contribution in [0.4, 0.5) is 0 Å². The van der Waals surface area contributed by atoms with E-state index < -0.39 is 0 Å². The average molecular weight is 251 g/mol. The second-order valence-corrected chi connectivity index (χ2v) is 4.90. The zero-order valence-electron chi connectivity index (χ0n) is 11.7. The molecule has 0 aliphatic rings. The molecule has 0 aliphatic carbocycles. The monoisotopic (exact) mass is 251 g/mol. The van der Waals surface area contributed by atoms with Crippen LogP contribution in [-0.2, 0) is 0 Å². The summed E-state index contributed by atoms with van der Waals surface area (Å²) in [6.07, 6.45) is 5.17. The normalized spacial score (nSPS) is 11.1. The van der Waals surface area contributed by atoms with E-state index in [4.69, 9.17) is 5.73 Å². The largest absolute Gasteiger partial charge is 0.330 e. The van der Waals surface area contributed by atoms with Gasteiger partial charge in [-0.25, -0.2) is 0 Å². The molecule has 0 unspecified atom stereocenters. The topological polar surface area (TPSA) is 26.0 Å². The van der Waals surface area contributed by atoms with Crippen LogP contribution in [-0.4, -0.2) is 6.54 Å². The molecule has 0 heterocycles. The van der Waals surface area contributed by atoms with Gasteiger partial charge < -0.3 is 5.73 Å². The Kier molecular flexibility index (Phi) is 4.53. The molecule has 2 rings (SSSR count). The standard InChI is InChI=1S/C18H21N/c1-14-6-9-18(13-15(14)2)17-10-7-16(8-11-17)5-3-4-12-19/h3,5-11,13H,4,12,19H2,1-2H3/b5-3+. The molecular weight excluding hydrogens is 230 g/mol. The summed E-state index contributed by atoms with van der Waals surface area (Å²) in [6.45, 7) is 5.00. The molecule has 1 heteroatoms. The lowest BCUT2D eigenvalue weighted by Crippen LogP contribution is -1.94. The maximum Gasteiger partial charge on any atom is -0.00425 e. The van der Waals surface area contributed by atoms with Crippen molar-refractivity contribution in [2.75, 3.05) is 6.54 Å². The Morgan fingerprint density at radius 2 is 1.58 bits per heavy atom. The van der Waals surface area contributed by atoms with Gasteiger partial charge in [0.25, 0.3) is 0 Å². The van der Waals surface area contributed by atoms with Crippen molar-refractivity contribution in [2.45, 2.75) is 20.3 Å². The van der Waals surface area contributed by atoms with E-state index in [9.17, 15) is 0 Å². The first kappa shape index (κ1) is 13.6. The minimum absolute atomic E-state index is 0.706. The molecule has 2 aromatic carbocycles. The van der Waals surface area contributed by atoms with Gasteiger partial charge in [-0.1, -0.05) is 54.6 Å². The van der Waals surface area contributed by atoms with Crippen LogP contribution in [0.15, 0.2) is 48.5 Å². The molecule has 19 heavy (non-hydrogen) atoms. The molecule has 0 saturated carbocycles. The lowest BCUT2D eigenvalue weighted by molar-refractivity contribution is 1.01. The summed E-state index contributed by atoms with van der Waals surface area (Å²) < 4.78 is 0. The zero-order valence-corrected chi connectivity index (χ0v) is 11.7. The van der Waals surface area contributed by atoms with Gasteiger partial charge in [-0.15, -0.1) is 0 Å². The molecule has 98 valence electrons. The van der Waals surface area contributed by atoms with Gasteiger partial charge in [0.05, 0.1) is 0 Å². The van der Waals surface area contributed by atoms with E-state index in [1.165, 1.54) is 27.8 Å². The summed E-state index contributed by atoms with van der Waals surface area (Å²) in [5.74, 6) is 0. The van der Waals surface area contributed by atoms with Crippen molar-refractivity contribution >= 4 is 6.08 Å². The minimum Gasteiger partial charge on any atom is -0.330 e. The van der Waals surface area contributed by atoms with Gasteiger partial charge in [0, 0.05) is 0 Å². The van der Waals surface area contributed by atoms with Crippen molar-refractivity contribution in [3.63, 3.8) is 0 Å². The van der Waals surface area contributed by atoms with Crippen LogP contribution in [0, 0.1) is 13.8 Å². The van der Waals surface area contributed by atoms with E-state index in [2.05, 4.69) is 68.5 Å². The van der Waals surface area contributed by atoms with Crippen LogP contribution in [0.5, 0.6) is 0 Å². The Morgan fingerprint density at radius 3 is 2.21 bits per heavy atom. The second kappa shape index (κ2) is 6.35. The summed E-state index contributed by atoms with van der Waals surface area (Å²) in [7, 11) is 0. The third-order valence-electron chi connectivity index (χ3n) is 3.39. The first-order valence-electron chi connectivity index (χ1n) is 6.75. The van der Waals surface area contributed by atoms with Gasteiger partial charge in [-0.2, -0.15) is 0 Å². The molecular formula is C18H21N. The molecule has 0 radical (unpaired) electrons. The first-order chi connectivity index (χ1) is 9.20. The summed E-state index contributed by atoms with van der Waals surface area (Å²) in [6, 6.07) is 15.3. The Bertz CT molecular complexity index is 565. The smallest absolute Gasteiger partial charge is 0.00425 e. The lowest BCUT2D eigenvalue weighted by atomic mass is 9.99. The molecule has 0 atom stereocenters. The minimum atomic E-state index is 0.706. The maximum atomic E-state index is 5.47. The summed E-state index contributed by atoms with van der Waals surface area (Å²) in [5, 5.41) is 0. The second-order valence-electron chi connectivity index (χ2n) is 4.90. The molecule has 0 bridgehead atoms. The first-order valence-corrected chi connectivity index (χ1v) is 6.75. The Labute approximate surface area is 115 Å². The summed E-state index contributed by atoms with van der Waals surface area (Å²) in [5.41, 5.74) is 11.9. The predicted octanol–water partition coefficient (Wildman–Crippen LogP) is 4.33. The number of rotatable bonds is 4. The van der Waals surface area contributed by atoms with E-state index in [-0.39, 0.29) is 0 Å². The molecule has 2 N–H and O–H groups in total. The van der Waals surface area contributed by atoms with Gasteiger partial charge in [0.15, 0.2) is 0 Å². The SMILES string of the molecule is Cc1ccc(-c2ccc(/C=C/CCN)cc2)cc1C. The molecule has 0 aliphatic heterocycles. The highest BCUT2D eigenvalue weighted by atomic mass is 14.5. The molecule has 0 saturated heterocycles. The highest BCUT2D eigenvalue weighted by molar-refractivity contribution is 5.66. The van der Waals surface area contributed by atoms with Crippen LogP contribution in [0.3, 0.4) is 0 Å². The highest BCUT2D eigenvalue weighted by Crippen LogP contribution is 2.22. The molecule has 1 nitrogen and oxygen atoms in total. The van der Waals surface area contributed by atoms with Crippen molar-refractivity contribution in [2.24, 2.45) is 5.73 Å². The third-order valence-corrected chi connectivity index (χ3v) is 3.39. The summed E-state index contributed by atoms with van der Waals surface area (Å²) >= 11 is 0. The fraction of sp³-hybridized carbons (Fsp3) is 0.222. The van der Waals surface area contributed by atoms with Gasteiger partial charge in [0.2, 0.25) is 0 Å². The number of aryl methyl sites for hydroxylation is 2.